The van der Waals surface area contributed by atoms with Crippen LogP contribution in [0, 0.1) is 13.8 Å². The largest absolute Gasteiger partial charge is 0.469 e. The molecule has 0 aliphatic heterocycles. The van der Waals surface area contributed by atoms with E-state index in [9.17, 15) is 0 Å². The Hall–Kier alpha value is -1.81. The van der Waals surface area contributed by atoms with Gasteiger partial charge in [-0.3, -0.25) is 0 Å². The Labute approximate surface area is 174 Å². The zero-order valence-corrected chi connectivity index (χ0v) is 18.0. The van der Waals surface area contributed by atoms with E-state index in [1.54, 1.807) is 17.6 Å². The number of hydrogen-bond acceptors (Lipinski definition) is 5. The highest BCUT2D eigenvalue weighted by molar-refractivity contribution is 14.0. The van der Waals surface area contributed by atoms with Crippen LogP contribution in [0.2, 0.25) is 0 Å². The molecule has 140 valence electrons. The lowest BCUT2D eigenvalue weighted by Gasteiger charge is -2.11. The molecular formula is C18H23IN4O2S. The van der Waals surface area contributed by atoms with Crippen LogP contribution in [0.4, 0.5) is 0 Å². The molecule has 0 aliphatic carbocycles. The van der Waals surface area contributed by atoms with E-state index in [0.29, 0.717) is 6.54 Å². The molecule has 0 amide bonds. The molecule has 3 rings (SSSR count). The smallest absolute Gasteiger partial charge is 0.191 e. The Kier molecular flexibility index (Phi) is 8.17. The fourth-order valence-corrected chi connectivity index (χ4v) is 3.05. The minimum Gasteiger partial charge on any atom is -0.469 e. The summed E-state index contributed by atoms with van der Waals surface area (Å²) in [4.78, 5) is 5.94. The maximum Gasteiger partial charge on any atom is 0.191 e. The molecule has 0 atom stereocenters. The van der Waals surface area contributed by atoms with E-state index in [-0.39, 0.29) is 24.0 Å². The summed E-state index contributed by atoms with van der Waals surface area (Å²) in [6.07, 6.45) is 2.49. The number of rotatable bonds is 7. The number of aromatic nitrogens is 1. The minimum absolute atomic E-state index is 0. The van der Waals surface area contributed by atoms with Gasteiger partial charge >= 0.3 is 0 Å². The quantitative estimate of drug-likeness (QED) is 0.300. The van der Waals surface area contributed by atoms with Crippen molar-refractivity contribution in [2.24, 2.45) is 4.99 Å². The Balaban J connectivity index is 0.00000243. The highest BCUT2D eigenvalue weighted by Crippen LogP contribution is 2.13. The molecule has 0 bridgehead atoms. The van der Waals surface area contributed by atoms with E-state index in [1.807, 2.05) is 32.0 Å². The van der Waals surface area contributed by atoms with E-state index in [4.69, 9.17) is 8.94 Å². The minimum atomic E-state index is 0. The molecule has 6 nitrogen and oxygen atoms in total. The van der Waals surface area contributed by atoms with Crippen molar-refractivity contribution < 1.29 is 8.94 Å². The average Bonchev–Trinajstić information content (AvgIpc) is 3.35. The van der Waals surface area contributed by atoms with E-state index < -0.39 is 0 Å². The van der Waals surface area contributed by atoms with Crippen LogP contribution in [0.5, 0.6) is 0 Å². The van der Waals surface area contributed by atoms with Gasteiger partial charge in [-0.25, -0.2) is 4.99 Å². The van der Waals surface area contributed by atoms with Gasteiger partial charge in [0.05, 0.1) is 25.0 Å². The van der Waals surface area contributed by atoms with Crippen LogP contribution in [0.3, 0.4) is 0 Å². The van der Waals surface area contributed by atoms with Gasteiger partial charge in [0.15, 0.2) is 5.96 Å². The van der Waals surface area contributed by atoms with E-state index in [0.717, 1.165) is 48.2 Å². The van der Waals surface area contributed by atoms with Gasteiger partial charge in [0.25, 0.3) is 0 Å². The van der Waals surface area contributed by atoms with Gasteiger partial charge in [-0.05, 0) is 37.4 Å². The molecule has 26 heavy (non-hydrogen) atoms. The zero-order valence-electron chi connectivity index (χ0n) is 14.8. The third-order valence-corrected chi connectivity index (χ3v) is 4.71. The first-order valence-corrected chi connectivity index (χ1v) is 9.09. The monoisotopic (exact) mass is 486 g/mol. The summed E-state index contributed by atoms with van der Waals surface area (Å²) in [6.45, 7) is 5.86. The number of nitrogens with zero attached hydrogens (tertiary/aromatic N) is 2. The van der Waals surface area contributed by atoms with E-state index >= 15 is 0 Å². The predicted octanol–water partition coefficient (Wildman–Crippen LogP) is 4.04. The second-order valence-electron chi connectivity index (χ2n) is 5.66. The topological polar surface area (TPSA) is 75.6 Å². The maximum absolute atomic E-state index is 5.37. The zero-order chi connectivity index (χ0) is 17.5. The first-order chi connectivity index (χ1) is 12.2. The van der Waals surface area contributed by atoms with Gasteiger partial charge in [0.1, 0.15) is 11.5 Å². The van der Waals surface area contributed by atoms with E-state index in [2.05, 4.69) is 32.2 Å². The third kappa shape index (κ3) is 5.87. The fourth-order valence-electron chi connectivity index (χ4n) is 2.40. The van der Waals surface area contributed by atoms with E-state index in [1.165, 1.54) is 4.88 Å². The van der Waals surface area contributed by atoms with Gasteiger partial charge in [-0.15, -0.1) is 35.3 Å². The Morgan fingerprint density at radius 3 is 2.77 bits per heavy atom. The first kappa shape index (κ1) is 20.5. The number of halogens is 1. The van der Waals surface area contributed by atoms with Crippen molar-refractivity contribution >= 4 is 41.3 Å². The Bertz CT molecular complexity index is 778. The van der Waals surface area contributed by atoms with Gasteiger partial charge in [-0.2, -0.15) is 0 Å². The van der Waals surface area contributed by atoms with Gasteiger partial charge in [-0.1, -0.05) is 11.2 Å². The van der Waals surface area contributed by atoms with Crippen LogP contribution >= 0.6 is 35.3 Å². The lowest BCUT2D eigenvalue weighted by molar-refractivity contribution is 0.392. The van der Waals surface area contributed by atoms with Crippen molar-refractivity contribution in [2.45, 2.75) is 33.4 Å². The van der Waals surface area contributed by atoms with Crippen molar-refractivity contribution in [1.29, 1.82) is 0 Å². The van der Waals surface area contributed by atoms with Crippen LogP contribution < -0.4 is 10.6 Å². The van der Waals surface area contributed by atoms with Gasteiger partial charge in [0.2, 0.25) is 0 Å². The summed E-state index contributed by atoms with van der Waals surface area (Å²) in [5.74, 6) is 2.53. The Morgan fingerprint density at radius 2 is 2.12 bits per heavy atom. The first-order valence-electron chi connectivity index (χ1n) is 8.21. The Morgan fingerprint density at radius 1 is 1.23 bits per heavy atom. The predicted molar refractivity (Wildman–Crippen MR) is 114 cm³/mol. The summed E-state index contributed by atoms with van der Waals surface area (Å²) in [5, 5.41) is 12.8. The van der Waals surface area contributed by atoms with Crippen molar-refractivity contribution in [1.82, 2.24) is 15.8 Å². The number of aryl methyl sites for hydroxylation is 2. The molecule has 3 aromatic rings. The fraction of sp³-hybridized carbons (Fsp3) is 0.333. The van der Waals surface area contributed by atoms with Crippen molar-refractivity contribution in [2.75, 3.05) is 6.54 Å². The number of thiophene rings is 1. The normalized spacial score (nSPS) is 11.2. The molecule has 0 fully saturated rings. The highest BCUT2D eigenvalue weighted by Gasteiger charge is 2.09. The van der Waals surface area contributed by atoms with Gasteiger partial charge in [0, 0.05) is 23.4 Å². The summed E-state index contributed by atoms with van der Waals surface area (Å²) in [6, 6.07) is 8.03. The summed E-state index contributed by atoms with van der Waals surface area (Å²) >= 11 is 1.72. The number of furan rings is 1. The van der Waals surface area contributed by atoms with Crippen LogP contribution in [0.1, 0.15) is 27.7 Å². The lowest BCUT2D eigenvalue weighted by atomic mass is 10.2. The van der Waals surface area contributed by atoms with Crippen molar-refractivity contribution in [3.63, 3.8) is 0 Å². The van der Waals surface area contributed by atoms with Crippen molar-refractivity contribution in [3.8, 4) is 0 Å². The number of aliphatic imine (C=N–C) groups is 1. The molecule has 0 radical (unpaired) electrons. The number of hydrogen-bond donors (Lipinski definition) is 2. The molecule has 3 aromatic heterocycles. The average molecular weight is 486 g/mol. The number of guanidine groups is 1. The molecule has 0 aliphatic rings. The van der Waals surface area contributed by atoms with Crippen molar-refractivity contribution in [3.05, 3.63) is 63.6 Å². The molecule has 0 spiro atoms. The molecular weight excluding hydrogens is 463 g/mol. The second kappa shape index (κ2) is 10.4. The SMILES string of the molecule is Cc1noc(C)c1CN=C(NCCc1ccco1)NCc1cccs1.I. The molecule has 0 saturated carbocycles. The molecule has 8 heteroatoms. The van der Waals surface area contributed by atoms with Gasteiger partial charge < -0.3 is 19.6 Å². The van der Waals surface area contributed by atoms with Crippen LogP contribution in [0.25, 0.3) is 0 Å². The lowest BCUT2D eigenvalue weighted by Crippen LogP contribution is -2.38. The molecule has 0 saturated heterocycles. The standard InChI is InChI=1S/C18H22N4O2S.HI/c1-13-17(14(2)24-22-13)12-21-18(20-11-16-6-4-10-25-16)19-8-7-15-5-3-9-23-15;/h3-6,9-10H,7-8,11-12H2,1-2H3,(H2,19,20,21);1H. The molecule has 0 aromatic carbocycles. The molecule has 0 unspecified atom stereocenters. The summed E-state index contributed by atoms with van der Waals surface area (Å²) < 4.78 is 10.6. The highest BCUT2D eigenvalue weighted by atomic mass is 127. The second-order valence-corrected chi connectivity index (χ2v) is 6.69. The van der Waals surface area contributed by atoms with Crippen LogP contribution in [0.15, 0.2) is 49.8 Å². The van der Waals surface area contributed by atoms with Crippen LogP contribution in [-0.4, -0.2) is 17.7 Å². The van der Waals surface area contributed by atoms with Crippen LogP contribution in [-0.2, 0) is 19.5 Å². The number of nitrogens with one attached hydrogen (secondary N) is 2. The summed E-state index contributed by atoms with van der Waals surface area (Å²) in [5.41, 5.74) is 1.91. The summed E-state index contributed by atoms with van der Waals surface area (Å²) in [7, 11) is 0. The molecule has 3 heterocycles. The maximum atomic E-state index is 5.37. The molecule has 2 N–H and O–H groups in total. The third-order valence-electron chi connectivity index (χ3n) is 3.83.